The SMILES string of the molecule is O=C(c1cn(-c2cccc(Cl)c2)nn1)N(CCc1ccccc1)C1CCOC1. The van der Waals surface area contributed by atoms with Crippen LogP contribution >= 0.6 is 11.6 Å². The molecule has 0 aliphatic carbocycles. The van der Waals surface area contributed by atoms with Gasteiger partial charge in [0, 0.05) is 18.2 Å². The minimum Gasteiger partial charge on any atom is -0.379 e. The molecule has 6 nitrogen and oxygen atoms in total. The van der Waals surface area contributed by atoms with Gasteiger partial charge in [-0.2, -0.15) is 0 Å². The molecule has 0 spiro atoms. The van der Waals surface area contributed by atoms with E-state index in [2.05, 4.69) is 22.4 Å². The molecule has 0 saturated carbocycles. The number of rotatable bonds is 6. The van der Waals surface area contributed by atoms with Crippen molar-refractivity contribution in [3.63, 3.8) is 0 Å². The van der Waals surface area contributed by atoms with Crippen LogP contribution in [0.1, 0.15) is 22.5 Å². The average Bonchev–Trinajstić information content (AvgIpc) is 3.41. The first-order valence-corrected chi connectivity index (χ1v) is 9.69. The third-order valence-corrected chi connectivity index (χ3v) is 5.11. The predicted molar refractivity (Wildman–Crippen MR) is 107 cm³/mol. The van der Waals surface area contributed by atoms with Gasteiger partial charge in [0.2, 0.25) is 0 Å². The minimum atomic E-state index is -0.125. The van der Waals surface area contributed by atoms with E-state index in [-0.39, 0.29) is 11.9 Å². The zero-order valence-corrected chi connectivity index (χ0v) is 16.1. The van der Waals surface area contributed by atoms with Crippen molar-refractivity contribution < 1.29 is 9.53 Å². The average molecular weight is 397 g/mol. The maximum Gasteiger partial charge on any atom is 0.276 e. The molecule has 1 aromatic heterocycles. The number of hydrogen-bond acceptors (Lipinski definition) is 4. The molecule has 2 aromatic carbocycles. The number of hydrogen-bond donors (Lipinski definition) is 0. The second kappa shape index (κ2) is 8.54. The molecule has 7 heteroatoms. The van der Waals surface area contributed by atoms with Gasteiger partial charge in [0.05, 0.1) is 24.5 Å². The zero-order chi connectivity index (χ0) is 19.3. The third kappa shape index (κ3) is 4.24. The van der Waals surface area contributed by atoms with Crippen LogP contribution in [0.4, 0.5) is 0 Å². The van der Waals surface area contributed by atoms with Gasteiger partial charge in [0.15, 0.2) is 5.69 Å². The fraction of sp³-hybridized carbons (Fsp3) is 0.286. The molecule has 28 heavy (non-hydrogen) atoms. The molecule has 1 aliphatic rings. The summed E-state index contributed by atoms with van der Waals surface area (Å²) in [5.41, 5.74) is 2.28. The number of amides is 1. The number of nitrogens with zero attached hydrogens (tertiary/aromatic N) is 4. The maximum absolute atomic E-state index is 13.2. The first-order valence-electron chi connectivity index (χ1n) is 9.31. The lowest BCUT2D eigenvalue weighted by Gasteiger charge is -2.27. The quantitative estimate of drug-likeness (QED) is 0.640. The summed E-state index contributed by atoms with van der Waals surface area (Å²) in [6.07, 6.45) is 3.27. The summed E-state index contributed by atoms with van der Waals surface area (Å²) >= 11 is 6.05. The van der Waals surface area contributed by atoms with E-state index in [1.807, 2.05) is 35.2 Å². The Kier molecular flexibility index (Phi) is 5.69. The summed E-state index contributed by atoms with van der Waals surface area (Å²) in [6, 6.07) is 17.5. The monoisotopic (exact) mass is 396 g/mol. The van der Waals surface area contributed by atoms with Gasteiger partial charge in [0.25, 0.3) is 5.91 Å². The van der Waals surface area contributed by atoms with Gasteiger partial charge in [-0.3, -0.25) is 4.79 Å². The summed E-state index contributed by atoms with van der Waals surface area (Å²) in [5, 5.41) is 8.82. The largest absolute Gasteiger partial charge is 0.379 e. The van der Waals surface area contributed by atoms with Gasteiger partial charge in [-0.05, 0) is 36.6 Å². The van der Waals surface area contributed by atoms with Crippen LogP contribution in [0.15, 0.2) is 60.8 Å². The highest BCUT2D eigenvalue weighted by molar-refractivity contribution is 6.30. The lowest BCUT2D eigenvalue weighted by molar-refractivity contribution is 0.0650. The molecular weight excluding hydrogens is 376 g/mol. The lowest BCUT2D eigenvalue weighted by atomic mass is 10.1. The van der Waals surface area contributed by atoms with Crippen molar-refractivity contribution in [2.24, 2.45) is 0 Å². The van der Waals surface area contributed by atoms with Crippen molar-refractivity contribution >= 4 is 17.5 Å². The highest BCUT2D eigenvalue weighted by Crippen LogP contribution is 2.18. The van der Waals surface area contributed by atoms with Gasteiger partial charge in [-0.15, -0.1) is 5.10 Å². The van der Waals surface area contributed by atoms with Crippen LogP contribution in [0.3, 0.4) is 0 Å². The fourth-order valence-electron chi connectivity index (χ4n) is 3.37. The predicted octanol–water partition coefficient (Wildman–Crippen LogP) is 3.39. The van der Waals surface area contributed by atoms with E-state index in [4.69, 9.17) is 16.3 Å². The van der Waals surface area contributed by atoms with Gasteiger partial charge in [0.1, 0.15) is 0 Å². The Morgan fingerprint density at radius 3 is 2.82 bits per heavy atom. The summed E-state index contributed by atoms with van der Waals surface area (Å²) in [5.74, 6) is -0.125. The Morgan fingerprint density at radius 1 is 1.21 bits per heavy atom. The Balaban J connectivity index is 1.53. The first kappa shape index (κ1) is 18.7. The standard InChI is InChI=1S/C21H21ClN4O2/c22-17-7-4-8-18(13-17)26-14-20(23-24-26)21(27)25(19-10-12-28-15-19)11-9-16-5-2-1-3-6-16/h1-8,13-14,19H,9-12,15H2. The first-order chi connectivity index (χ1) is 13.7. The normalized spacial score (nSPS) is 16.2. The van der Waals surface area contributed by atoms with E-state index in [0.29, 0.717) is 30.5 Å². The van der Waals surface area contributed by atoms with Crippen LogP contribution in [0, 0.1) is 0 Å². The van der Waals surface area contributed by atoms with Gasteiger partial charge in [-0.1, -0.05) is 53.2 Å². The number of carbonyl (C=O) groups is 1. The maximum atomic E-state index is 13.2. The molecule has 0 bridgehead atoms. The van der Waals surface area contributed by atoms with E-state index >= 15 is 0 Å². The Bertz CT molecular complexity index is 938. The summed E-state index contributed by atoms with van der Waals surface area (Å²) in [6.45, 7) is 1.85. The molecule has 2 heterocycles. The van der Waals surface area contributed by atoms with Gasteiger partial charge in [-0.25, -0.2) is 4.68 Å². The van der Waals surface area contributed by atoms with Crippen molar-refractivity contribution in [2.75, 3.05) is 19.8 Å². The van der Waals surface area contributed by atoms with Crippen molar-refractivity contribution in [3.05, 3.63) is 77.1 Å². The van der Waals surface area contributed by atoms with Gasteiger partial charge < -0.3 is 9.64 Å². The minimum absolute atomic E-state index is 0.0625. The van der Waals surface area contributed by atoms with Crippen molar-refractivity contribution in [2.45, 2.75) is 18.9 Å². The molecule has 1 unspecified atom stereocenters. The topological polar surface area (TPSA) is 60.2 Å². The molecule has 0 N–H and O–H groups in total. The molecule has 144 valence electrons. The lowest BCUT2D eigenvalue weighted by Crippen LogP contribution is -2.42. The fourth-order valence-corrected chi connectivity index (χ4v) is 3.55. The van der Waals surface area contributed by atoms with Crippen LogP contribution < -0.4 is 0 Å². The second-order valence-corrected chi connectivity index (χ2v) is 7.22. The molecule has 1 fully saturated rings. The van der Waals surface area contributed by atoms with Crippen molar-refractivity contribution in [1.82, 2.24) is 19.9 Å². The number of halogens is 1. The molecule has 1 saturated heterocycles. The molecule has 4 rings (SSSR count). The Labute approximate surface area is 168 Å². The molecule has 3 aromatic rings. The molecule has 1 aliphatic heterocycles. The van der Waals surface area contributed by atoms with E-state index < -0.39 is 0 Å². The third-order valence-electron chi connectivity index (χ3n) is 4.88. The van der Waals surface area contributed by atoms with Crippen LogP contribution in [0.2, 0.25) is 5.02 Å². The van der Waals surface area contributed by atoms with E-state index in [0.717, 1.165) is 18.5 Å². The number of benzene rings is 2. The van der Waals surface area contributed by atoms with Crippen LogP contribution in [0.5, 0.6) is 0 Å². The van der Waals surface area contributed by atoms with E-state index in [9.17, 15) is 4.79 Å². The van der Waals surface area contributed by atoms with Crippen LogP contribution in [-0.4, -0.2) is 51.6 Å². The highest BCUT2D eigenvalue weighted by atomic mass is 35.5. The molecule has 1 amide bonds. The van der Waals surface area contributed by atoms with E-state index in [1.54, 1.807) is 23.0 Å². The smallest absolute Gasteiger partial charge is 0.276 e. The summed E-state index contributed by atoms with van der Waals surface area (Å²) < 4.78 is 7.08. The van der Waals surface area contributed by atoms with Crippen molar-refractivity contribution in [3.8, 4) is 5.69 Å². The van der Waals surface area contributed by atoms with E-state index in [1.165, 1.54) is 5.56 Å². The molecular formula is C21H21ClN4O2. The molecule has 0 radical (unpaired) electrons. The zero-order valence-electron chi connectivity index (χ0n) is 15.4. The van der Waals surface area contributed by atoms with Crippen LogP contribution in [0.25, 0.3) is 5.69 Å². The van der Waals surface area contributed by atoms with Crippen molar-refractivity contribution in [1.29, 1.82) is 0 Å². The summed E-state index contributed by atoms with van der Waals surface area (Å²) in [4.78, 5) is 15.1. The highest BCUT2D eigenvalue weighted by Gasteiger charge is 2.29. The number of aromatic nitrogens is 3. The molecule has 1 atom stereocenters. The number of ether oxygens (including phenoxy) is 1. The van der Waals surface area contributed by atoms with Crippen LogP contribution in [-0.2, 0) is 11.2 Å². The number of carbonyl (C=O) groups excluding carboxylic acids is 1. The van der Waals surface area contributed by atoms with Gasteiger partial charge >= 0.3 is 0 Å². The Hall–Kier alpha value is -2.70. The Morgan fingerprint density at radius 2 is 2.07 bits per heavy atom. The summed E-state index contributed by atoms with van der Waals surface area (Å²) in [7, 11) is 0. The second-order valence-electron chi connectivity index (χ2n) is 6.78.